The number of aromatic nitrogens is 5. The second kappa shape index (κ2) is 4.74. The van der Waals surface area contributed by atoms with Crippen LogP contribution in [0.25, 0.3) is 17.2 Å². The van der Waals surface area contributed by atoms with Crippen molar-refractivity contribution in [1.82, 2.24) is 24.7 Å². The van der Waals surface area contributed by atoms with Crippen molar-refractivity contribution in [2.24, 2.45) is 0 Å². The Morgan fingerprint density at radius 2 is 2.16 bits per heavy atom. The molecular formula is C13H11N5S. The summed E-state index contributed by atoms with van der Waals surface area (Å²) in [6, 6.07) is 7.68. The molecule has 0 saturated heterocycles. The van der Waals surface area contributed by atoms with Crippen molar-refractivity contribution in [3.05, 3.63) is 53.2 Å². The molecule has 0 radical (unpaired) electrons. The van der Waals surface area contributed by atoms with Crippen molar-refractivity contribution in [2.45, 2.75) is 6.92 Å². The minimum atomic E-state index is 0.521. The van der Waals surface area contributed by atoms with Gasteiger partial charge in [0.1, 0.15) is 5.69 Å². The van der Waals surface area contributed by atoms with Gasteiger partial charge < -0.3 is 0 Å². The Morgan fingerprint density at radius 3 is 2.89 bits per heavy atom. The standard InChI is InChI=1S/C13H11N5S/c1-9-6-10(8-14-7-9)18-12(16-17-13(18)19)11-4-2-3-5-15-11/h2-8H,1H3,(H,17,19). The Hall–Kier alpha value is -2.34. The lowest BCUT2D eigenvalue weighted by molar-refractivity contribution is 1.01. The van der Waals surface area contributed by atoms with Crippen LogP contribution in [0.3, 0.4) is 0 Å². The van der Waals surface area contributed by atoms with Crippen molar-refractivity contribution in [2.75, 3.05) is 0 Å². The first-order chi connectivity index (χ1) is 9.25. The Morgan fingerprint density at radius 1 is 1.26 bits per heavy atom. The summed E-state index contributed by atoms with van der Waals surface area (Å²) in [7, 11) is 0. The van der Waals surface area contributed by atoms with Crippen molar-refractivity contribution < 1.29 is 0 Å². The first kappa shape index (κ1) is 11.7. The number of pyridine rings is 2. The smallest absolute Gasteiger partial charge is 0.200 e. The Labute approximate surface area is 115 Å². The molecule has 3 aromatic rings. The van der Waals surface area contributed by atoms with E-state index in [9.17, 15) is 0 Å². The molecule has 0 aliphatic heterocycles. The zero-order valence-electron chi connectivity index (χ0n) is 10.2. The van der Waals surface area contributed by atoms with Crippen LogP contribution in [0, 0.1) is 11.7 Å². The monoisotopic (exact) mass is 269 g/mol. The average Bonchev–Trinajstić information content (AvgIpc) is 2.82. The first-order valence-corrected chi connectivity index (χ1v) is 6.17. The van der Waals surface area contributed by atoms with Crippen LogP contribution in [0.5, 0.6) is 0 Å². The number of nitrogens with one attached hydrogen (secondary N) is 1. The van der Waals surface area contributed by atoms with Gasteiger partial charge in [0.05, 0.1) is 11.9 Å². The Bertz CT molecular complexity index is 760. The molecule has 0 amide bonds. The average molecular weight is 269 g/mol. The lowest BCUT2D eigenvalue weighted by atomic mass is 10.3. The first-order valence-electron chi connectivity index (χ1n) is 5.76. The molecule has 0 unspecified atom stereocenters. The fourth-order valence-corrected chi connectivity index (χ4v) is 2.10. The molecule has 0 spiro atoms. The minimum Gasteiger partial charge on any atom is -0.265 e. The number of hydrogen-bond acceptors (Lipinski definition) is 4. The van der Waals surface area contributed by atoms with Gasteiger partial charge in [-0.05, 0) is 42.9 Å². The quantitative estimate of drug-likeness (QED) is 0.727. The second-order valence-corrected chi connectivity index (χ2v) is 4.51. The van der Waals surface area contributed by atoms with E-state index in [-0.39, 0.29) is 0 Å². The third-order valence-electron chi connectivity index (χ3n) is 2.69. The zero-order chi connectivity index (χ0) is 13.2. The lowest BCUT2D eigenvalue weighted by Crippen LogP contribution is -1.99. The largest absolute Gasteiger partial charge is 0.265 e. The SMILES string of the molecule is Cc1cncc(-n2c(-c3ccccn3)n[nH]c2=S)c1. The Kier molecular flexibility index (Phi) is 2.92. The Balaban J connectivity index is 2.23. The van der Waals surface area contributed by atoms with Crippen molar-refractivity contribution in [3.8, 4) is 17.2 Å². The molecule has 6 heteroatoms. The van der Waals surface area contributed by atoms with Gasteiger partial charge in [-0.3, -0.25) is 19.6 Å². The van der Waals surface area contributed by atoms with Crippen LogP contribution >= 0.6 is 12.2 Å². The number of rotatable bonds is 2. The molecule has 94 valence electrons. The van der Waals surface area contributed by atoms with E-state index in [1.165, 1.54) is 0 Å². The summed E-state index contributed by atoms with van der Waals surface area (Å²) in [6.07, 6.45) is 5.28. The maximum atomic E-state index is 5.29. The zero-order valence-corrected chi connectivity index (χ0v) is 11.1. The van der Waals surface area contributed by atoms with Crippen LogP contribution in [0.4, 0.5) is 0 Å². The highest BCUT2D eigenvalue weighted by Gasteiger charge is 2.11. The highest BCUT2D eigenvalue weighted by molar-refractivity contribution is 7.71. The molecule has 3 aromatic heterocycles. The van der Waals surface area contributed by atoms with Gasteiger partial charge >= 0.3 is 0 Å². The summed E-state index contributed by atoms with van der Waals surface area (Å²) in [5, 5.41) is 7.05. The fourth-order valence-electron chi connectivity index (χ4n) is 1.86. The third-order valence-corrected chi connectivity index (χ3v) is 2.96. The molecule has 0 bridgehead atoms. The van der Waals surface area contributed by atoms with E-state index in [0.29, 0.717) is 10.6 Å². The van der Waals surface area contributed by atoms with Crippen LogP contribution in [0.2, 0.25) is 0 Å². The molecule has 0 saturated carbocycles. The van der Waals surface area contributed by atoms with Gasteiger partial charge in [-0.25, -0.2) is 0 Å². The van der Waals surface area contributed by atoms with Gasteiger partial charge in [0, 0.05) is 12.4 Å². The molecule has 0 aliphatic carbocycles. The second-order valence-electron chi connectivity index (χ2n) is 4.12. The maximum absolute atomic E-state index is 5.29. The van der Waals surface area contributed by atoms with E-state index in [4.69, 9.17) is 12.2 Å². The van der Waals surface area contributed by atoms with Crippen LogP contribution in [0.15, 0.2) is 42.9 Å². The van der Waals surface area contributed by atoms with E-state index in [1.807, 2.05) is 35.8 Å². The van der Waals surface area contributed by atoms with Crippen LogP contribution < -0.4 is 0 Å². The van der Waals surface area contributed by atoms with Gasteiger partial charge in [-0.1, -0.05) is 6.07 Å². The summed E-state index contributed by atoms with van der Waals surface area (Å²) < 4.78 is 2.35. The van der Waals surface area contributed by atoms with Gasteiger partial charge in [0.2, 0.25) is 0 Å². The molecule has 3 rings (SSSR count). The van der Waals surface area contributed by atoms with Gasteiger partial charge in [0.25, 0.3) is 0 Å². The van der Waals surface area contributed by atoms with Crippen molar-refractivity contribution in [1.29, 1.82) is 0 Å². The topological polar surface area (TPSA) is 59.4 Å². The van der Waals surface area contributed by atoms with Crippen LogP contribution in [0.1, 0.15) is 5.56 Å². The number of H-pyrrole nitrogens is 1. The highest BCUT2D eigenvalue weighted by Crippen LogP contribution is 2.19. The number of aromatic amines is 1. The third kappa shape index (κ3) is 2.17. The molecule has 0 aromatic carbocycles. The molecule has 5 nitrogen and oxygen atoms in total. The van der Waals surface area contributed by atoms with E-state index >= 15 is 0 Å². The van der Waals surface area contributed by atoms with E-state index < -0.39 is 0 Å². The predicted octanol–water partition coefficient (Wildman–Crippen LogP) is 2.70. The molecule has 1 N–H and O–H groups in total. The fraction of sp³-hybridized carbons (Fsp3) is 0.0769. The van der Waals surface area contributed by atoms with Gasteiger partial charge in [0.15, 0.2) is 10.6 Å². The van der Waals surface area contributed by atoms with E-state index in [0.717, 1.165) is 16.9 Å². The van der Waals surface area contributed by atoms with Gasteiger partial charge in [-0.2, -0.15) is 5.10 Å². The number of hydrogen-bond donors (Lipinski definition) is 1. The summed E-state index contributed by atoms with van der Waals surface area (Å²) in [5.41, 5.74) is 2.70. The summed E-state index contributed by atoms with van der Waals surface area (Å²) in [5.74, 6) is 0.679. The molecule has 19 heavy (non-hydrogen) atoms. The minimum absolute atomic E-state index is 0.521. The number of nitrogens with zero attached hydrogens (tertiary/aromatic N) is 4. The molecule has 0 aliphatic rings. The van der Waals surface area contributed by atoms with E-state index in [2.05, 4.69) is 20.2 Å². The molecule has 3 heterocycles. The molecule has 0 atom stereocenters. The van der Waals surface area contributed by atoms with Gasteiger partial charge in [-0.15, -0.1) is 0 Å². The number of aryl methyl sites for hydroxylation is 1. The molecule has 0 fully saturated rings. The summed E-state index contributed by atoms with van der Waals surface area (Å²) in [4.78, 5) is 8.49. The predicted molar refractivity (Wildman–Crippen MR) is 74.5 cm³/mol. The van der Waals surface area contributed by atoms with Crippen LogP contribution in [-0.2, 0) is 0 Å². The molecular weight excluding hydrogens is 258 g/mol. The van der Waals surface area contributed by atoms with Crippen molar-refractivity contribution in [3.63, 3.8) is 0 Å². The maximum Gasteiger partial charge on any atom is 0.200 e. The summed E-state index contributed by atoms with van der Waals surface area (Å²) >= 11 is 5.29. The van der Waals surface area contributed by atoms with E-state index in [1.54, 1.807) is 18.6 Å². The summed E-state index contributed by atoms with van der Waals surface area (Å²) in [6.45, 7) is 1.99. The van der Waals surface area contributed by atoms with Crippen molar-refractivity contribution >= 4 is 12.2 Å². The highest BCUT2D eigenvalue weighted by atomic mass is 32.1. The normalized spacial score (nSPS) is 10.6. The lowest BCUT2D eigenvalue weighted by Gasteiger charge is -2.06. The van der Waals surface area contributed by atoms with Crippen LogP contribution in [-0.4, -0.2) is 24.7 Å².